The van der Waals surface area contributed by atoms with Crippen LogP contribution in [0.3, 0.4) is 0 Å². The van der Waals surface area contributed by atoms with Crippen molar-refractivity contribution in [2.75, 3.05) is 13.1 Å². The van der Waals surface area contributed by atoms with Gasteiger partial charge >= 0.3 is 0 Å². The van der Waals surface area contributed by atoms with E-state index in [1.54, 1.807) is 0 Å². The number of aliphatic hydroxyl groups excluding tert-OH is 1. The van der Waals surface area contributed by atoms with Crippen LogP contribution in [0.5, 0.6) is 0 Å². The van der Waals surface area contributed by atoms with E-state index < -0.39 is 17.4 Å². The Morgan fingerprint density at radius 1 is 1.17 bits per heavy atom. The van der Waals surface area contributed by atoms with Crippen molar-refractivity contribution in [3.8, 4) is 0 Å². The Morgan fingerprint density at radius 2 is 1.86 bits per heavy atom. The molecular weight excluding hydrogens is 436 g/mol. The van der Waals surface area contributed by atoms with Crippen LogP contribution in [-0.2, 0) is 5.41 Å². The Balaban J connectivity index is 1.51. The maximum absolute atomic E-state index is 12.6. The topological polar surface area (TPSA) is 109 Å². The maximum atomic E-state index is 12.6. The number of pyridine rings is 1. The number of rotatable bonds is 4. The van der Waals surface area contributed by atoms with Crippen LogP contribution in [0.25, 0.3) is 0 Å². The molecule has 2 fully saturated rings. The van der Waals surface area contributed by atoms with Gasteiger partial charge in [-0.1, -0.05) is 34.5 Å². The molecule has 4 rings (SSSR count). The maximum Gasteiger partial charge on any atom is 0.280 e. The second-order valence-corrected chi connectivity index (χ2v) is 8.46. The number of aromatic nitrogens is 1. The van der Waals surface area contributed by atoms with Gasteiger partial charge in [-0.05, 0) is 42.7 Å². The number of amides is 2. The molecule has 2 aromatic rings. The van der Waals surface area contributed by atoms with E-state index in [0.29, 0.717) is 18.9 Å². The molecule has 2 heterocycles. The molecule has 8 heteroatoms. The normalized spacial score (nSPS) is 18.7. The van der Waals surface area contributed by atoms with E-state index in [9.17, 15) is 14.7 Å². The molecule has 0 spiro atoms. The van der Waals surface area contributed by atoms with Crippen LogP contribution < -0.4 is 5.73 Å². The number of nitrogens with two attached hydrogens (primary N) is 1. The van der Waals surface area contributed by atoms with Crippen LogP contribution in [0.1, 0.15) is 45.7 Å². The Morgan fingerprint density at radius 3 is 2.38 bits per heavy atom. The van der Waals surface area contributed by atoms with E-state index in [1.165, 1.54) is 23.2 Å². The number of hydrogen-bond acceptors (Lipinski definition) is 4. The minimum absolute atomic E-state index is 0.232. The number of likely N-dealkylation sites (tertiary alicyclic amines) is 1. The van der Waals surface area contributed by atoms with Crippen molar-refractivity contribution in [1.29, 1.82) is 0 Å². The molecule has 1 aromatic carbocycles. The van der Waals surface area contributed by atoms with Gasteiger partial charge in [-0.15, -0.1) is 0 Å². The van der Waals surface area contributed by atoms with Gasteiger partial charge in [-0.2, -0.15) is 4.99 Å². The molecule has 0 bridgehead atoms. The summed E-state index contributed by atoms with van der Waals surface area (Å²) in [6.07, 6.45) is 3.61. The van der Waals surface area contributed by atoms with Crippen LogP contribution in [0.15, 0.2) is 52.1 Å². The summed E-state index contributed by atoms with van der Waals surface area (Å²) in [4.78, 5) is 34.6. The molecule has 0 radical (unpaired) electrons. The molecule has 2 aliphatic rings. The number of hydrogen-bond donors (Lipinski definition) is 2. The second-order valence-electron chi connectivity index (χ2n) is 7.54. The first-order valence-electron chi connectivity index (χ1n) is 9.47. The van der Waals surface area contributed by atoms with Crippen LogP contribution in [0, 0.1) is 0 Å². The zero-order chi connectivity index (χ0) is 20.6. The molecule has 29 heavy (non-hydrogen) atoms. The van der Waals surface area contributed by atoms with E-state index in [4.69, 9.17) is 5.73 Å². The van der Waals surface area contributed by atoms with Gasteiger partial charge in [0.15, 0.2) is 0 Å². The number of amidine groups is 1. The fourth-order valence-electron chi connectivity index (χ4n) is 3.70. The smallest absolute Gasteiger partial charge is 0.280 e. The number of aliphatic hydroxyl groups is 1. The number of carbonyl (C=O) groups excluding carboxylic acids is 2. The van der Waals surface area contributed by atoms with Crippen LogP contribution in [-0.4, -0.2) is 51.8 Å². The Bertz CT molecular complexity index is 962. The van der Waals surface area contributed by atoms with Crippen molar-refractivity contribution in [3.05, 3.63) is 63.9 Å². The third-order valence-corrected chi connectivity index (χ3v) is 6.22. The lowest BCUT2D eigenvalue weighted by atomic mass is 9.63. The first-order chi connectivity index (χ1) is 13.9. The molecule has 1 saturated heterocycles. The Labute approximate surface area is 176 Å². The highest BCUT2D eigenvalue weighted by Gasteiger charge is 2.42. The molecule has 3 N–H and O–H groups in total. The summed E-state index contributed by atoms with van der Waals surface area (Å²) >= 11 is 3.43. The van der Waals surface area contributed by atoms with Crippen LogP contribution >= 0.6 is 15.9 Å². The minimum Gasteiger partial charge on any atom is -0.389 e. The fraction of sp³-hybridized carbons (Fsp3) is 0.333. The van der Waals surface area contributed by atoms with Gasteiger partial charge in [0, 0.05) is 23.8 Å². The number of nitrogens with zero attached hydrogens (tertiary/aromatic N) is 3. The molecule has 1 saturated carbocycles. The fourth-order valence-corrected chi connectivity index (χ4v) is 3.97. The van der Waals surface area contributed by atoms with E-state index in [0.717, 1.165) is 29.3 Å². The lowest BCUT2D eigenvalue weighted by Crippen LogP contribution is -2.53. The number of β-amino-alcohol motifs (C(OH)–C–C–N with tert-alkyl or cyclic N) is 1. The van der Waals surface area contributed by atoms with E-state index >= 15 is 0 Å². The van der Waals surface area contributed by atoms with Crippen molar-refractivity contribution in [2.24, 2.45) is 10.7 Å². The summed E-state index contributed by atoms with van der Waals surface area (Å²) in [7, 11) is 0. The van der Waals surface area contributed by atoms with Crippen molar-refractivity contribution < 1.29 is 14.7 Å². The van der Waals surface area contributed by atoms with E-state index in [1.807, 2.05) is 24.3 Å². The summed E-state index contributed by atoms with van der Waals surface area (Å²) in [5.41, 5.74) is 7.45. The van der Waals surface area contributed by atoms with Gasteiger partial charge in [0.25, 0.3) is 11.8 Å². The predicted molar refractivity (Wildman–Crippen MR) is 112 cm³/mol. The monoisotopic (exact) mass is 456 g/mol. The summed E-state index contributed by atoms with van der Waals surface area (Å²) in [6.45, 7) is 0.611. The highest BCUT2D eigenvalue weighted by atomic mass is 79.9. The predicted octanol–water partition coefficient (Wildman–Crippen LogP) is 2.28. The van der Waals surface area contributed by atoms with Crippen molar-refractivity contribution >= 4 is 33.6 Å². The molecular formula is C21H21BrN4O3. The minimum atomic E-state index is -0.475. The average molecular weight is 457 g/mol. The van der Waals surface area contributed by atoms with Crippen molar-refractivity contribution in [3.63, 3.8) is 0 Å². The summed E-state index contributed by atoms with van der Waals surface area (Å²) in [5, 5.41) is 9.31. The molecule has 7 nitrogen and oxygen atoms in total. The van der Waals surface area contributed by atoms with Crippen LogP contribution in [0.4, 0.5) is 0 Å². The zero-order valence-corrected chi connectivity index (χ0v) is 17.3. The molecule has 1 aliphatic carbocycles. The highest BCUT2D eigenvalue weighted by Crippen LogP contribution is 2.44. The summed E-state index contributed by atoms with van der Waals surface area (Å²) < 4.78 is 0.982. The SMILES string of the molecule is NC(=NC(=O)c1ccc(C(=O)N2CC(O)C2)nc1)C1(c2ccc(Br)cc2)CCC1. The lowest BCUT2D eigenvalue weighted by Gasteiger charge is -2.41. The number of halogens is 1. The van der Waals surface area contributed by atoms with E-state index in [-0.39, 0.29) is 17.2 Å². The summed E-state index contributed by atoms with van der Waals surface area (Å²) in [5.74, 6) is -0.427. The average Bonchev–Trinajstić information content (AvgIpc) is 2.65. The van der Waals surface area contributed by atoms with Gasteiger partial charge in [0.1, 0.15) is 11.5 Å². The highest BCUT2D eigenvalue weighted by molar-refractivity contribution is 9.10. The molecule has 150 valence electrons. The second kappa shape index (κ2) is 7.68. The third kappa shape index (κ3) is 3.70. The molecule has 2 amide bonds. The molecule has 1 aliphatic heterocycles. The van der Waals surface area contributed by atoms with Gasteiger partial charge in [0.2, 0.25) is 0 Å². The van der Waals surface area contributed by atoms with E-state index in [2.05, 4.69) is 25.9 Å². The first kappa shape index (κ1) is 19.7. The van der Waals surface area contributed by atoms with Gasteiger partial charge in [-0.3, -0.25) is 14.6 Å². The van der Waals surface area contributed by atoms with Crippen LogP contribution in [0.2, 0.25) is 0 Å². The first-order valence-corrected chi connectivity index (χ1v) is 10.3. The number of benzene rings is 1. The Hall–Kier alpha value is -2.58. The van der Waals surface area contributed by atoms with Crippen molar-refractivity contribution in [1.82, 2.24) is 9.88 Å². The number of carbonyl (C=O) groups is 2. The largest absolute Gasteiger partial charge is 0.389 e. The molecule has 1 aromatic heterocycles. The lowest BCUT2D eigenvalue weighted by molar-refractivity contribution is 0.00550. The van der Waals surface area contributed by atoms with Gasteiger partial charge in [0.05, 0.1) is 17.1 Å². The quantitative estimate of drug-likeness (QED) is 0.541. The van der Waals surface area contributed by atoms with Crippen molar-refractivity contribution in [2.45, 2.75) is 30.8 Å². The molecule has 0 atom stereocenters. The zero-order valence-electron chi connectivity index (χ0n) is 15.7. The van der Waals surface area contributed by atoms with Gasteiger partial charge < -0.3 is 15.7 Å². The van der Waals surface area contributed by atoms with Gasteiger partial charge in [-0.25, -0.2) is 0 Å². The number of aliphatic imine (C=N–C) groups is 1. The standard InChI is InChI=1S/C21H21BrN4O3/c22-15-5-3-14(4-6-15)21(8-1-9-21)20(23)25-18(28)13-2-7-17(24-10-13)19(29)26-11-16(27)12-26/h2-7,10,16,27H,1,8-9,11-12H2,(H2,23,25,28). The summed E-state index contributed by atoms with van der Waals surface area (Å²) in [6, 6.07) is 11.0. The Kier molecular flexibility index (Phi) is 5.23. The third-order valence-electron chi connectivity index (χ3n) is 5.70. The molecule has 0 unspecified atom stereocenters.